The molecule has 1 amide bonds. The maximum Gasteiger partial charge on any atom is 0.227 e. The summed E-state index contributed by atoms with van der Waals surface area (Å²) in [5, 5.41) is 0. The predicted molar refractivity (Wildman–Crippen MR) is 106 cm³/mol. The standard InChI is InChI=1S/C23H26F2N2O/c1-23(2)15-21-20(27(23)18-11-9-17(24)10-12-18)8-5-13-26(21)22(28)14-16-6-3-4-7-19(16)25/h3-4,6-7,9-12,20-21H,5,8,13-15H2,1-2H3/t20-,21-/m0/s1. The number of rotatable bonds is 3. The fourth-order valence-electron chi connectivity index (χ4n) is 5.00. The Bertz CT molecular complexity index is 865. The molecule has 0 aromatic heterocycles. The van der Waals surface area contributed by atoms with E-state index in [-0.39, 0.29) is 41.6 Å². The van der Waals surface area contributed by atoms with E-state index < -0.39 is 0 Å². The normalized spacial score (nSPS) is 23.6. The van der Waals surface area contributed by atoms with Crippen LogP contribution < -0.4 is 4.90 Å². The summed E-state index contributed by atoms with van der Waals surface area (Å²) in [6, 6.07) is 13.4. The van der Waals surface area contributed by atoms with Crippen molar-refractivity contribution in [1.82, 2.24) is 4.90 Å². The molecule has 2 fully saturated rings. The first-order chi connectivity index (χ1) is 13.4. The van der Waals surface area contributed by atoms with Crippen LogP contribution in [0.15, 0.2) is 48.5 Å². The first-order valence-electron chi connectivity index (χ1n) is 9.94. The number of halogens is 2. The van der Waals surface area contributed by atoms with Crippen molar-refractivity contribution in [1.29, 1.82) is 0 Å². The van der Waals surface area contributed by atoms with Gasteiger partial charge in [-0.1, -0.05) is 18.2 Å². The van der Waals surface area contributed by atoms with Crippen molar-refractivity contribution < 1.29 is 13.6 Å². The Balaban J connectivity index is 1.59. The molecule has 0 saturated carbocycles. The average molecular weight is 384 g/mol. The molecular weight excluding hydrogens is 358 g/mol. The van der Waals surface area contributed by atoms with Gasteiger partial charge < -0.3 is 9.80 Å². The van der Waals surface area contributed by atoms with E-state index in [4.69, 9.17) is 0 Å². The fraction of sp³-hybridized carbons (Fsp3) is 0.435. The van der Waals surface area contributed by atoms with Crippen molar-refractivity contribution in [2.24, 2.45) is 0 Å². The maximum absolute atomic E-state index is 14.0. The predicted octanol–water partition coefficient (Wildman–Crippen LogP) is 4.56. The Morgan fingerprint density at radius 2 is 1.79 bits per heavy atom. The molecule has 0 aliphatic carbocycles. The van der Waals surface area contributed by atoms with Gasteiger partial charge in [-0.25, -0.2) is 8.78 Å². The minimum atomic E-state index is -0.330. The molecule has 4 rings (SSSR count). The minimum Gasteiger partial charge on any atom is -0.361 e. The molecule has 2 aromatic rings. The Morgan fingerprint density at radius 3 is 2.50 bits per heavy atom. The van der Waals surface area contributed by atoms with Crippen molar-refractivity contribution in [2.45, 2.75) is 57.2 Å². The molecule has 2 atom stereocenters. The number of benzene rings is 2. The van der Waals surface area contributed by atoms with Crippen LogP contribution in [0.1, 0.15) is 38.7 Å². The van der Waals surface area contributed by atoms with Gasteiger partial charge in [-0.3, -0.25) is 4.79 Å². The van der Waals surface area contributed by atoms with Crippen LogP contribution in [0.2, 0.25) is 0 Å². The lowest BCUT2D eigenvalue weighted by Crippen LogP contribution is -2.53. The van der Waals surface area contributed by atoms with Gasteiger partial charge in [0.15, 0.2) is 0 Å². The summed E-state index contributed by atoms with van der Waals surface area (Å²) in [4.78, 5) is 17.3. The van der Waals surface area contributed by atoms with Crippen molar-refractivity contribution >= 4 is 11.6 Å². The van der Waals surface area contributed by atoms with Crippen LogP contribution in [0.5, 0.6) is 0 Å². The van der Waals surface area contributed by atoms with Crippen LogP contribution in [0.25, 0.3) is 0 Å². The topological polar surface area (TPSA) is 23.6 Å². The van der Waals surface area contributed by atoms with E-state index in [2.05, 4.69) is 18.7 Å². The van der Waals surface area contributed by atoms with Gasteiger partial charge in [-0.05, 0) is 69.0 Å². The van der Waals surface area contributed by atoms with E-state index in [0.717, 1.165) is 24.9 Å². The quantitative estimate of drug-likeness (QED) is 0.775. The lowest BCUT2D eigenvalue weighted by atomic mass is 9.93. The summed E-state index contributed by atoms with van der Waals surface area (Å²) in [6.45, 7) is 5.06. The zero-order valence-corrected chi connectivity index (χ0v) is 16.4. The zero-order valence-electron chi connectivity index (χ0n) is 16.4. The summed E-state index contributed by atoms with van der Waals surface area (Å²) in [6.07, 6.45) is 2.85. The number of fused-ring (bicyclic) bond motifs is 1. The third kappa shape index (κ3) is 3.38. The van der Waals surface area contributed by atoms with Crippen LogP contribution in [0.3, 0.4) is 0 Å². The van der Waals surface area contributed by atoms with Crippen LogP contribution >= 0.6 is 0 Å². The third-order valence-corrected chi connectivity index (χ3v) is 6.16. The highest BCUT2D eigenvalue weighted by atomic mass is 19.1. The summed E-state index contributed by atoms with van der Waals surface area (Å²) < 4.78 is 27.4. The number of hydrogen-bond acceptors (Lipinski definition) is 2. The van der Waals surface area contributed by atoms with Gasteiger partial charge in [0.05, 0.1) is 18.5 Å². The Hall–Kier alpha value is -2.43. The molecule has 5 heteroatoms. The molecule has 3 nitrogen and oxygen atoms in total. The Kier molecular flexibility index (Phi) is 4.86. The zero-order chi connectivity index (χ0) is 19.9. The maximum atomic E-state index is 14.0. The molecule has 2 saturated heterocycles. The summed E-state index contributed by atoms with van der Waals surface area (Å²) in [7, 11) is 0. The molecule has 2 aliphatic heterocycles. The number of likely N-dealkylation sites (tertiary alicyclic amines) is 1. The van der Waals surface area contributed by atoms with E-state index in [0.29, 0.717) is 12.1 Å². The van der Waals surface area contributed by atoms with Crippen molar-refractivity contribution in [3.63, 3.8) is 0 Å². The van der Waals surface area contributed by atoms with Crippen LogP contribution in [0, 0.1) is 11.6 Å². The second-order valence-corrected chi connectivity index (χ2v) is 8.50. The first-order valence-corrected chi connectivity index (χ1v) is 9.94. The molecular formula is C23H26F2N2O. The monoisotopic (exact) mass is 384 g/mol. The van der Waals surface area contributed by atoms with Gasteiger partial charge in [-0.2, -0.15) is 0 Å². The van der Waals surface area contributed by atoms with E-state index in [1.54, 1.807) is 18.2 Å². The number of nitrogens with zero attached hydrogens (tertiary/aromatic N) is 2. The van der Waals surface area contributed by atoms with Gasteiger partial charge in [0.2, 0.25) is 5.91 Å². The molecule has 2 heterocycles. The highest BCUT2D eigenvalue weighted by Gasteiger charge is 2.50. The van der Waals surface area contributed by atoms with Crippen molar-refractivity contribution in [2.75, 3.05) is 11.4 Å². The lowest BCUT2D eigenvalue weighted by molar-refractivity contribution is -0.134. The second-order valence-electron chi connectivity index (χ2n) is 8.50. The molecule has 0 N–H and O–H groups in total. The third-order valence-electron chi connectivity index (χ3n) is 6.16. The molecule has 0 radical (unpaired) electrons. The number of anilines is 1. The molecule has 2 aliphatic rings. The van der Waals surface area contributed by atoms with Gasteiger partial charge >= 0.3 is 0 Å². The molecule has 0 unspecified atom stereocenters. The molecule has 0 bridgehead atoms. The van der Waals surface area contributed by atoms with Crippen molar-refractivity contribution in [3.8, 4) is 0 Å². The van der Waals surface area contributed by atoms with Crippen LogP contribution in [-0.4, -0.2) is 35.0 Å². The second kappa shape index (κ2) is 7.19. The van der Waals surface area contributed by atoms with Gasteiger partial charge in [0.1, 0.15) is 11.6 Å². The number of carbonyl (C=O) groups excluding carboxylic acids is 1. The first kappa shape index (κ1) is 18.9. The summed E-state index contributed by atoms with van der Waals surface area (Å²) >= 11 is 0. The van der Waals surface area contributed by atoms with E-state index in [1.165, 1.54) is 18.2 Å². The van der Waals surface area contributed by atoms with Gasteiger partial charge in [-0.15, -0.1) is 0 Å². The molecule has 148 valence electrons. The SMILES string of the molecule is CC1(C)C[C@H]2[C@H](CCCN2C(=O)Cc2ccccc2F)N1c1ccc(F)cc1. The Morgan fingerprint density at radius 1 is 1.07 bits per heavy atom. The number of piperidine rings is 1. The van der Waals surface area contributed by atoms with Crippen molar-refractivity contribution in [3.05, 3.63) is 65.7 Å². The van der Waals surface area contributed by atoms with Gasteiger partial charge in [0, 0.05) is 17.8 Å². The lowest BCUT2D eigenvalue weighted by Gasteiger charge is -2.42. The van der Waals surface area contributed by atoms with Crippen LogP contribution in [0.4, 0.5) is 14.5 Å². The van der Waals surface area contributed by atoms with E-state index in [9.17, 15) is 13.6 Å². The molecule has 2 aromatic carbocycles. The molecule has 0 spiro atoms. The number of amides is 1. The number of hydrogen-bond donors (Lipinski definition) is 0. The highest BCUT2D eigenvalue weighted by molar-refractivity contribution is 5.79. The fourth-order valence-corrected chi connectivity index (χ4v) is 5.00. The van der Waals surface area contributed by atoms with E-state index >= 15 is 0 Å². The molecule has 28 heavy (non-hydrogen) atoms. The smallest absolute Gasteiger partial charge is 0.227 e. The average Bonchev–Trinajstić information content (AvgIpc) is 2.94. The van der Waals surface area contributed by atoms with Gasteiger partial charge in [0.25, 0.3) is 0 Å². The minimum absolute atomic E-state index is 0.0171. The summed E-state index contributed by atoms with van der Waals surface area (Å²) in [5.74, 6) is -0.594. The Labute approximate surface area is 165 Å². The summed E-state index contributed by atoms with van der Waals surface area (Å²) in [5.41, 5.74) is 1.29. The highest BCUT2D eigenvalue weighted by Crippen LogP contribution is 2.43. The largest absolute Gasteiger partial charge is 0.361 e. The van der Waals surface area contributed by atoms with E-state index in [1.807, 2.05) is 17.0 Å². The number of carbonyl (C=O) groups is 1. The van der Waals surface area contributed by atoms with Crippen LogP contribution in [-0.2, 0) is 11.2 Å².